The van der Waals surface area contributed by atoms with Gasteiger partial charge in [0.1, 0.15) is 17.0 Å². The van der Waals surface area contributed by atoms with Crippen molar-refractivity contribution >= 4 is 55.7 Å². The first-order chi connectivity index (χ1) is 14.7. The maximum atomic E-state index is 11.9. The lowest BCUT2D eigenvalue weighted by atomic mass is 10.1. The summed E-state index contributed by atoms with van der Waals surface area (Å²) in [6.07, 6.45) is 1.54. The second kappa shape index (κ2) is 9.29. The minimum Gasteiger partial charge on any atom is -0.495 e. The van der Waals surface area contributed by atoms with E-state index in [2.05, 4.69) is 20.3 Å². The van der Waals surface area contributed by atoms with E-state index in [0.717, 1.165) is 0 Å². The van der Waals surface area contributed by atoms with Crippen molar-refractivity contribution < 1.29 is 17.9 Å². The van der Waals surface area contributed by atoms with E-state index in [1.807, 2.05) is 0 Å². The van der Waals surface area contributed by atoms with Crippen LogP contribution in [-0.4, -0.2) is 55.6 Å². The number of pyridine rings is 1. The van der Waals surface area contributed by atoms with Gasteiger partial charge in [0.25, 0.3) is 0 Å². The molecule has 166 valence electrons. The van der Waals surface area contributed by atoms with E-state index in [0.29, 0.717) is 39.5 Å². The van der Waals surface area contributed by atoms with Crippen molar-refractivity contribution in [3.8, 4) is 22.8 Å². The molecule has 0 fully saturated rings. The Bertz CT molecular complexity index is 1210. The highest BCUT2D eigenvalue weighted by molar-refractivity contribution is 7.91. The normalized spacial score (nSPS) is 11.5. The van der Waals surface area contributed by atoms with Crippen LogP contribution in [0.4, 0.5) is 11.8 Å². The molecule has 0 spiro atoms. The lowest BCUT2D eigenvalue weighted by Gasteiger charge is -2.16. The molecule has 0 aliphatic carbocycles. The van der Waals surface area contributed by atoms with Crippen molar-refractivity contribution in [3.05, 3.63) is 28.4 Å². The number of nitrogen functional groups attached to an aromatic ring is 1. The van der Waals surface area contributed by atoms with Crippen LogP contribution in [0, 0.1) is 0 Å². The molecule has 0 unspecified atom stereocenters. The molecule has 0 saturated heterocycles. The van der Waals surface area contributed by atoms with Crippen LogP contribution in [0.3, 0.4) is 0 Å². The largest absolute Gasteiger partial charge is 0.495 e. The first kappa shape index (κ1) is 23.1. The zero-order valence-electron chi connectivity index (χ0n) is 17.1. The van der Waals surface area contributed by atoms with E-state index in [1.54, 1.807) is 19.1 Å². The van der Waals surface area contributed by atoms with Gasteiger partial charge in [-0.25, -0.2) is 23.4 Å². The predicted molar refractivity (Wildman–Crippen MR) is 123 cm³/mol. The number of ether oxygens (including phenoxy) is 2. The van der Waals surface area contributed by atoms with Gasteiger partial charge in [-0.3, -0.25) is 0 Å². The van der Waals surface area contributed by atoms with Crippen LogP contribution in [0.25, 0.3) is 22.2 Å². The highest BCUT2D eigenvalue weighted by Gasteiger charge is 2.21. The van der Waals surface area contributed by atoms with Crippen LogP contribution in [-0.2, 0) is 9.84 Å². The van der Waals surface area contributed by atoms with Gasteiger partial charge in [-0.1, -0.05) is 30.1 Å². The molecule has 0 amide bonds. The van der Waals surface area contributed by atoms with Crippen LogP contribution < -0.4 is 20.5 Å². The zero-order chi connectivity index (χ0) is 22.8. The fourth-order valence-corrected chi connectivity index (χ4v) is 4.28. The third kappa shape index (κ3) is 4.86. The van der Waals surface area contributed by atoms with Gasteiger partial charge in [-0.2, -0.15) is 0 Å². The monoisotopic (exact) mass is 485 g/mol. The van der Waals surface area contributed by atoms with Crippen LogP contribution in [0.5, 0.6) is 11.5 Å². The average molecular weight is 486 g/mol. The maximum Gasteiger partial charge on any atom is 0.220 e. The van der Waals surface area contributed by atoms with Crippen LogP contribution in [0.1, 0.15) is 6.92 Å². The Hall–Kier alpha value is -2.56. The number of nitrogens with two attached hydrogens (primary N) is 1. The number of anilines is 2. The molecule has 0 radical (unpaired) electrons. The van der Waals surface area contributed by atoms with Crippen molar-refractivity contribution in [1.29, 1.82) is 0 Å². The molecule has 3 N–H and O–H groups in total. The van der Waals surface area contributed by atoms with Gasteiger partial charge in [0.2, 0.25) is 5.95 Å². The van der Waals surface area contributed by atoms with Crippen molar-refractivity contribution in [3.63, 3.8) is 0 Å². The number of rotatable bonds is 8. The summed E-state index contributed by atoms with van der Waals surface area (Å²) < 4.78 is 34.4. The van der Waals surface area contributed by atoms with Gasteiger partial charge in [0, 0.05) is 35.5 Å². The molecule has 1 aromatic carbocycles. The van der Waals surface area contributed by atoms with E-state index in [-0.39, 0.29) is 34.0 Å². The second-order valence-electron chi connectivity index (χ2n) is 6.47. The average Bonchev–Trinajstić information content (AvgIpc) is 2.74. The molecular weight excluding hydrogens is 465 g/mol. The molecule has 12 heteroatoms. The SMILES string of the molecule is CCS(=O)(=O)CCNc1nc(-c2c(Cl)c(OC)cc(OC)c2Cl)cc2cnc(N)nc12. The molecule has 3 aromatic rings. The number of nitrogens with zero attached hydrogens (tertiary/aromatic N) is 3. The quantitative estimate of drug-likeness (QED) is 0.492. The number of nitrogens with one attached hydrogen (secondary N) is 1. The lowest BCUT2D eigenvalue weighted by Crippen LogP contribution is -2.18. The summed E-state index contributed by atoms with van der Waals surface area (Å²) in [5, 5.41) is 4.12. The Labute approximate surface area is 189 Å². The molecule has 0 bridgehead atoms. The number of halogens is 2. The molecule has 0 saturated carbocycles. The topological polar surface area (TPSA) is 129 Å². The van der Waals surface area contributed by atoms with Crippen LogP contribution in [0.15, 0.2) is 18.3 Å². The van der Waals surface area contributed by atoms with Gasteiger partial charge in [0.15, 0.2) is 15.7 Å². The summed E-state index contributed by atoms with van der Waals surface area (Å²) in [6, 6.07) is 3.28. The summed E-state index contributed by atoms with van der Waals surface area (Å²) in [7, 11) is -0.216. The van der Waals surface area contributed by atoms with Crippen LogP contribution >= 0.6 is 23.2 Å². The lowest BCUT2D eigenvalue weighted by molar-refractivity contribution is 0.395. The Morgan fingerprint density at radius 2 is 1.74 bits per heavy atom. The van der Waals surface area contributed by atoms with Crippen molar-refractivity contribution in [1.82, 2.24) is 15.0 Å². The molecule has 31 heavy (non-hydrogen) atoms. The molecule has 0 atom stereocenters. The number of sulfone groups is 1. The first-order valence-corrected chi connectivity index (χ1v) is 11.8. The first-order valence-electron chi connectivity index (χ1n) is 9.18. The number of hydrogen-bond acceptors (Lipinski definition) is 9. The van der Waals surface area contributed by atoms with Gasteiger partial charge < -0.3 is 20.5 Å². The minimum absolute atomic E-state index is 0.0484. The van der Waals surface area contributed by atoms with E-state index in [1.165, 1.54) is 20.4 Å². The van der Waals surface area contributed by atoms with Crippen LogP contribution in [0.2, 0.25) is 10.0 Å². The van der Waals surface area contributed by atoms with E-state index < -0.39 is 9.84 Å². The van der Waals surface area contributed by atoms with Crippen molar-refractivity contribution in [2.75, 3.05) is 43.3 Å². The molecule has 3 rings (SSSR count). The maximum absolute atomic E-state index is 11.9. The third-order valence-electron chi connectivity index (χ3n) is 4.56. The highest BCUT2D eigenvalue weighted by atomic mass is 35.5. The zero-order valence-corrected chi connectivity index (χ0v) is 19.4. The van der Waals surface area contributed by atoms with Crippen molar-refractivity contribution in [2.24, 2.45) is 0 Å². The van der Waals surface area contributed by atoms with E-state index in [9.17, 15) is 8.42 Å². The summed E-state index contributed by atoms with van der Waals surface area (Å²) in [6.45, 7) is 1.73. The van der Waals surface area contributed by atoms with E-state index >= 15 is 0 Å². The van der Waals surface area contributed by atoms with Gasteiger partial charge in [-0.05, 0) is 6.07 Å². The fourth-order valence-electron chi connectivity index (χ4n) is 2.88. The summed E-state index contributed by atoms with van der Waals surface area (Å²) >= 11 is 13.1. The van der Waals surface area contributed by atoms with Crippen molar-refractivity contribution in [2.45, 2.75) is 6.92 Å². The molecule has 0 aliphatic rings. The smallest absolute Gasteiger partial charge is 0.220 e. The highest BCUT2D eigenvalue weighted by Crippen LogP contribution is 2.46. The predicted octanol–water partition coefficient (Wildman–Crippen LogP) is 3.44. The molecule has 2 aromatic heterocycles. The number of methoxy groups -OCH3 is 2. The number of fused-ring (bicyclic) bond motifs is 1. The number of hydrogen-bond donors (Lipinski definition) is 2. The Balaban J connectivity index is 2.18. The Morgan fingerprint density at radius 1 is 1.10 bits per heavy atom. The molecule has 2 heterocycles. The molecule has 9 nitrogen and oxygen atoms in total. The number of aromatic nitrogens is 3. The minimum atomic E-state index is -3.17. The Morgan fingerprint density at radius 3 is 2.32 bits per heavy atom. The fraction of sp³-hybridized carbons (Fsp3) is 0.316. The third-order valence-corrected chi connectivity index (χ3v) is 7.02. The van der Waals surface area contributed by atoms with Gasteiger partial charge in [-0.15, -0.1) is 0 Å². The summed E-state index contributed by atoms with van der Waals surface area (Å²) in [4.78, 5) is 12.9. The van der Waals surface area contributed by atoms with E-state index in [4.69, 9.17) is 38.4 Å². The summed E-state index contributed by atoms with van der Waals surface area (Å²) in [5.74, 6) is 1.08. The summed E-state index contributed by atoms with van der Waals surface area (Å²) in [5.41, 5.74) is 6.96. The molecular formula is C19H21Cl2N5O4S. The van der Waals surface area contributed by atoms with Gasteiger partial charge >= 0.3 is 0 Å². The second-order valence-corrected chi connectivity index (χ2v) is 9.70. The van der Waals surface area contributed by atoms with Gasteiger partial charge in [0.05, 0.1) is 35.7 Å². The number of benzene rings is 1. The Kier molecular flexibility index (Phi) is 6.93. The standard InChI is InChI=1S/C19H21Cl2N5O4S/c1-4-31(27,28)6-5-23-18-17-10(9-24-19(22)26-17)7-11(25-18)14-15(20)12(29-2)8-13(30-3)16(14)21/h7-9H,4-6H2,1-3H3,(H,23,25)(H2,22,24,26). The molecule has 0 aliphatic heterocycles.